The van der Waals surface area contributed by atoms with E-state index in [-0.39, 0.29) is 0 Å². The van der Waals surface area contributed by atoms with Crippen molar-refractivity contribution in [2.45, 2.75) is 12.5 Å². The summed E-state index contributed by atoms with van der Waals surface area (Å²) in [5.74, 6) is 0.703. The lowest BCUT2D eigenvalue weighted by Gasteiger charge is -2.13. The van der Waals surface area contributed by atoms with E-state index >= 15 is 0 Å². The summed E-state index contributed by atoms with van der Waals surface area (Å²) in [5.41, 5.74) is 2.18. The van der Waals surface area contributed by atoms with Gasteiger partial charge in [0.2, 0.25) is 0 Å². The molecule has 1 aromatic carbocycles. The molecule has 0 aliphatic carbocycles. The second kappa shape index (κ2) is 5.03. The highest BCUT2D eigenvalue weighted by atomic mass is 16.5. The van der Waals surface area contributed by atoms with Gasteiger partial charge in [-0.1, -0.05) is 6.58 Å². The standard InChI is InChI=1S/C13H18N2O/c1-10(16-2)11-3-5-12(6-4-11)15-13-7-8-14-9-13/h3-6,13-15H,1,7-9H2,2H3. The van der Waals surface area contributed by atoms with E-state index in [9.17, 15) is 0 Å². The number of nitrogens with one attached hydrogen (secondary N) is 2. The first-order chi connectivity index (χ1) is 7.79. The summed E-state index contributed by atoms with van der Waals surface area (Å²) >= 11 is 0. The Morgan fingerprint density at radius 2 is 2.19 bits per heavy atom. The van der Waals surface area contributed by atoms with Crippen LogP contribution in [0, 0.1) is 0 Å². The van der Waals surface area contributed by atoms with Gasteiger partial charge in [0, 0.05) is 23.8 Å². The second-order valence-corrected chi connectivity index (χ2v) is 4.04. The van der Waals surface area contributed by atoms with Crippen LogP contribution in [-0.4, -0.2) is 26.2 Å². The van der Waals surface area contributed by atoms with Gasteiger partial charge in [-0.05, 0) is 37.2 Å². The highest BCUT2D eigenvalue weighted by Crippen LogP contribution is 2.17. The Labute approximate surface area is 96.5 Å². The quantitative estimate of drug-likeness (QED) is 0.759. The van der Waals surface area contributed by atoms with E-state index in [2.05, 4.69) is 29.3 Å². The summed E-state index contributed by atoms with van der Waals surface area (Å²) < 4.78 is 5.08. The monoisotopic (exact) mass is 218 g/mol. The van der Waals surface area contributed by atoms with Crippen LogP contribution < -0.4 is 10.6 Å². The fraction of sp³-hybridized carbons (Fsp3) is 0.385. The third-order valence-corrected chi connectivity index (χ3v) is 2.88. The van der Waals surface area contributed by atoms with E-state index in [0.717, 1.165) is 24.3 Å². The first-order valence-electron chi connectivity index (χ1n) is 5.60. The maximum atomic E-state index is 5.08. The predicted molar refractivity (Wildman–Crippen MR) is 67.4 cm³/mol. The molecule has 86 valence electrons. The van der Waals surface area contributed by atoms with Crippen molar-refractivity contribution in [1.29, 1.82) is 0 Å². The lowest BCUT2D eigenvalue weighted by atomic mass is 10.1. The van der Waals surface area contributed by atoms with Crippen LogP contribution in [0.25, 0.3) is 5.76 Å². The Kier molecular flexibility index (Phi) is 3.47. The molecule has 1 atom stereocenters. The molecule has 1 saturated heterocycles. The van der Waals surface area contributed by atoms with E-state index in [1.165, 1.54) is 6.42 Å². The SMILES string of the molecule is C=C(OC)c1ccc(NC2CCNC2)cc1. The van der Waals surface area contributed by atoms with Crippen LogP contribution >= 0.6 is 0 Å². The number of hydrogen-bond acceptors (Lipinski definition) is 3. The van der Waals surface area contributed by atoms with E-state index in [4.69, 9.17) is 4.74 Å². The molecule has 1 fully saturated rings. The van der Waals surface area contributed by atoms with Gasteiger partial charge in [0.05, 0.1) is 7.11 Å². The topological polar surface area (TPSA) is 33.3 Å². The summed E-state index contributed by atoms with van der Waals surface area (Å²) in [7, 11) is 1.64. The summed E-state index contributed by atoms with van der Waals surface area (Å²) in [6, 6.07) is 8.74. The highest BCUT2D eigenvalue weighted by Gasteiger charge is 2.13. The van der Waals surface area contributed by atoms with E-state index < -0.39 is 0 Å². The van der Waals surface area contributed by atoms with Crippen LogP contribution in [0.2, 0.25) is 0 Å². The van der Waals surface area contributed by atoms with Gasteiger partial charge in [0.25, 0.3) is 0 Å². The number of ether oxygens (including phenoxy) is 1. The molecule has 1 aliphatic heterocycles. The molecular weight excluding hydrogens is 200 g/mol. The number of methoxy groups -OCH3 is 1. The number of benzene rings is 1. The van der Waals surface area contributed by atoms with Gasteiger partial charge in [-0.25, -0.2) is 0 Å². The van der Waals surface area contributed by atoms with Crippen molar-refractivity contribution < 1.29 is 4.74 Å². The third kappa shape index (κ3) is 2.55. The maximum Gasteiger partial charge on any atom is 0.118 e. The Bertz CT molecular complexity index is 353. The fourth-order valence-corrected chi connectivity index (χ4v) is 1.88. The average molecular weight is 218 g/mol. The van der Waals surface area contributed by atoms with Crippen molar-refractivity contribution in [1.82, 2.24) is 5.32 Å². The lowest BCUT2D eigenvalue weighted by Crippen LogP contribution is -2.21. The number of anilines is 1. The molecule has 0 aromatic heterocycles. The summed E-state index contributed by atoms with van der Waals surface area (Å²) in [4.78, 5) is 0. The van der Waals surface area contributed by atoms with Gasteiger partial charge in [-0.3, -0.25) is 0 Å². The smallest absolute Gasteiger partial charge is 0.118 e. The van der Waals surface area contributed by atoms with Gasteiger partial charge in [-0.2, -0.15) is 0 Å². The van der Waals surface area contributed by atoms with Gasteiger partial charge >= 0.3 is 0 Å². The second-order valence-electron chi connectivity index (χ2n) is 4.04. The van der Waals surface area contributed by atoms with Gasteiger partial charge in [0.1, 0.15) is 5.76 Å². The van der Waals surface area contributed by atoms with E-state index in [0.29, 0.717) is 11.8 Å². The zero-order chi connectivity index (χ0) is 11.4. The van der Waals surface area contributed by atoms with Crippen molar-refractivity contribution in [2.75, 3.05) is 25.5 Å². The van der Waals surface area contributed by atoms with Crippen LogP contribution in [0.15, 0.2) is 30.8 Å². The minimum atomic E-state index is 0.552. The molecule has 0 saturated carbocycles. The summed E-state index contributed by atoms with van der Waals surface area (Å²) in [6.45, 7) is 5.98. The molecule has 2 N–H and O–H groups in total. The van der Waals surface area contributed by atoms with Crippen LogP contribution in [0.1, 0.15) is 12.0 Å². The number of hydrogen-bond donors (Lipinski definition) is 2. The van der Waals surface area contributed by atoms with Gasteiger partial charge < -0.3 is 15.4 Å². The van der Waals surface area contributed by atoms with Crippen molar-refractivity contribution in [3.63, 3.8) is 0 Å². The van der Waals surface area contributed by atoms with Crippen molar-refractivity contribution in [3.8, 4) is 0 Å². The van der Waals surface area contributed by atoms with Crippen molar-refractivity contribution >= 4 is 11.4 Å². The van der Waals surface area contributed by atoms with Crippen LogP contribution in [-0.2, 0) is 4.74 Å². The molecule has 1 heterocycles. The molecule has 3 heteroatoms. The number of rotatable bonds is 4. The molecule has 0 spiro atoms. The minimum Gasteiger partial charge on any atom is -0.497 e. The molecule has 2 rings (SSSR count). The zero-order valence-electron chi connectivity index (χ0n) is 9.62. The van der Waals surface area contributed by atoms with Crippen LogP contribution in [0.3, 0.4) is 0 Å². The Balaban J connectivity index is 1.98. The zero-order valence-corrected chi connectivity index (χ0v) is 9.62. The van der Waals surface area contributed by atoms with Crippen molar-refractivity contribution in [3.05, 3.63) is 36.4 Å². The van der Waals surface area contributed by atoms with E-state index in [1.54, 1.807) is 7.11 Å². The Morgan fingerprint density at radius 1 is 1.44 bits per heavy atom. The summed E-state index contributed by atoms with van der Waals surface area (Å²) in [5, 5.41) is 6.83. The molecule has 1 unspecified atom stereocenters. The largest absolute Gasteiger partial charge is 0.497 e. The maximum absolute atomic E-state index is 5.08. The molecule has 1 aromatic rings. The first-order valence-corrected chi connectivity index (χ1v) is 5.60. The molecule has 0 amide bonds. The van der Waals surface area contributed by atoms with Crippen LogP contribution in [0.4, 0.5) is 5.69 Å². The normalized spacial score (nSPS) is 19.4. The molecule has 0 bridgehead atoms. The van der Waals surface area contributed by atoms with Gasteiger partial charge in [0.15, 0.2) is 0 Å². The molecule has 1 aliphatic rings. The molecule has 0 radical (unpaired) electrons. The predicted octanol–water partition coefficient (Wildman–Crippen LogP) is 2.08. The highest BCUT2D eigenvalue weighted by molar-refractivity contribution is 5.60. The third-order valence-electron chi connectivity index (χ3n) is 2.88. The van der Waals surface area contributed by atoms with Crippen molar-refractivity contribution in [2.24, 2.45) is 0 Å². The average Bonchev–Trinajstić information content (AvgIpc) is 2.82. The minimum absolute atomic E-state index is 0.552. The van der Waals surface area contributed by atoms with Gasteiger partial charge in [-0.15, -0.1) is 0 Å². The molecule has 16 heavy (non-hydrogen) atoms. The van der Waals surface area contributed by atoms with Crippen LogP contribution in [0.5, 0.6) is 0 Å². The first kappa shape index (κ1) is 11.0. The fourth-order valence-electron chi connectivity index (χ4n) is 1.88. The van der Waals surface area contributed by atoms with E-state index in [1.807, 2.05) is 12.1 Å². The molecule has 3 nitrogen and oxygen atoms in total. The Hall–Kier alpha value is -1.48. The lowest BCUT2D eigenvalue weighted by molar-refractivity contribution is 0.371. The Morgan fingerprint density at radius 3 is 2.75 bits per heavy atom. The molecular formula is C13H18N2O. The summed E-state index contributed by atoms with van der Waals surface area (Å²) in [6.07, 6.45) is 1.19.